The molecule has 4 rings (SSSR count). The first-order chi connectivity index (χ1) is 15.9. The quantitative estimate of drug-likeness (QED) is 0.403. The zero-order chi connectivity index (χ0) is 23.5. The van der Waals surface area contributed by atoms with Crippen LogP contribution in [-0.2, 0) is 11.3 Å². The molecule has 1 aliphatic heterocycles. The normalized spacial score (nSPS) is 14.4. The second kappa shape index (κ2) is 9.38. The molecule has 0 saturated heterocycles. The smallest absolute Gasteiger partial charge is 0.261 e. The third-order valence-corrected chi connectivity index (χ3v) is 5.62. The lowest BCUT2D eigenvalue weighted by Gasteiger charge is -2.29. The Morgan fingerprint density at radius 3 is 2.36 bits per heavy atom. The van der Waals surface area contributed by atoms with Gasteiger partial charge < -0.3 is 14.6 Å². The van der Waals surface area contributed by atoms with Crippen LogP contribution >= 0.6 is 11.6 Å². The van der Waals surface area contributed by atoms with E-state index in [0.717, 1.165) is 5.56 Å². The Balaban J connectivity index is 1.78. The van der Waals surface area contributed by atoms with Gasteiger partial charge in [-0.05, 0) is 60.0 Å². The van der Waals surface area contributed by atoms with Gasteiger partial charge in [-0.1, -0.05) is 41.9 Å². The first kappa shape index (κ1) is 22.4. The number of phenols is 1. The minimum atomic E-state index is -0.420. The molecule has 0 atom stereocenters. The molecule has 0 fully saturated rings. The number of hydrogen-bond donors (Lipinski definition) is 1. The van der Waals surface area contributed by atoms with Gasteiger partial charge in [-0.3, -0.25) is 14.5 Å². The minimum absolute atomic E-state index is 0.107. The van der Waals surface area contributed by atoms with Crippen molar-refractivity contribution in [3.05, 3.63) is 87.9 Å². The monoisotopic (exact) mass is 463 g/mol. The summed E-state index contributed by atoms with van der Waals surface area (Å²) in [6.07, 6.45) is 1.66. The van der Waals surface area contributed by atoms with E-state index in [-0.39, 0.29) is 29.0 Å². The summed E-state index contributed by atoms with van der Waals surface area (Å²) in [7, 11) is 1.58. The molecular formula is C26H22ClNO5. The summed E-state index contributed by atoms with van der Waals surface area (Å²) in [5.74, 6) is -0.0267. The van der Waals surface area contributed by atoms with E-state index >= 15 is 0 Å². The Bertz CT molecular complexity index is 1250. The molecule has 0 bridgehead atoms. The highest BCUT2D eigenvalue weighted by Crippen LogP contribution is 2.38. The number of carbonyl (C=O) groups is 2. The first-order valence-corrected chi connectivity index (χ1v) is 10.8. The molecule has 2 amide bonds. The van der Waals surface area contributed by atoms with Crippen molar-refractivity contribution < 1.29 is 24.2 Å². The second-order valence-electron chi connectivity index (χ2n) is 7.43. The topological polar surface area (TPSA) is 76.1 Å². The maximum Gasteiger partial charge on any atom is 0.261 e. The van der Waals surface area contributed by atoms with Crippen LogP contribution in [0.3, 0.4) is 0 Å². The van der Waals surface area contributed by atoms with Crippen LogP contribution in [0.5, 0.6) is 17.2 Å². The average Bonchev–Trinajstić information content (AvgIpc) is 2.83. The molecule has 0 radical (unpaired) electrons. The van der Waals surface area contributed by atoms with E-state index in [2.05, 4.69) is 0 Å². The number of phenolic OH excluding ortho intramolecular Hbond substituents is 1. The summed E-state index contributed by atoms with van der Waals surface area (Å²) in [4.78, 5) is 27.9. The van der Waals surface area contributed by atoms with Gasteiger partial charge >= 0.3 is 0 Å². The van der Waals surface area contributed by atoms with Gasteiger partial charge in [-0.2, -0.15) is 0 Å². The Labute approximate surface area is 196 Å². The average molecular weight is 464 g/mol. The van der Waals surface area contributed by atoms with Gasteiger partial charge in [0.2, 0.25) is 0 Å². The molecule has 0 spiro atoms. The highest BCUT2D eigenvalue weighted by atomic mass is 35.5. The molecule has 33 heavy (non-hydrogen) atoms. The number of hydrogen-bond acceptors (Lipinski definition) is 5. The van der Waals surface area contributed by atoms with Gasteiger partial charge in [0.1, 0.15) is 5.75 Å². The Hall–Kier alpha value is -3.77. The van der Waals surface area contributed by atoms with Crippen molar-refractivity contribution in [2.75, 3.05) is 13.7 Å². The zero-order valence-corrected chi connectivity index (χ0v) is 18.9. The van der Waals surface area contributed by atoms with Gasteiger partial charge in [-0.15, -0.1) is 0 Å². The summed E-state index contributed by atoms with van der Waals surface area (Å²) in [5.41, 5.74) is 2.69. The molecular weight excluding hydrogens is 442 g/mol. The number of rotatable bonds is 6. The number of halogens is 1. The van der Waals surface area contributed by atoms with Crippen molar-refractivity contribution in [1.82, 2.24) is 4.90 Å². The number of imide groups is 1. The van der Waals surface area contributed by atoms with Gasteiger partial charge in [0.25, 0.3) is 11.8 Å². The Kier molecular flexibility index (Phi) is 6.38. The number of amides is 2. The summed E-state index contributed by atoms with van der Waals surface area (Å²) in [5, 5.41) is 10.2. The van der Waals surface area contributed by atoms with Crippen LogP contribution in [0.2, 0.25) is 5.02 Å². The van der Waals surface area contributed by atoms with E-state index in [1.54, 1.807) is 68.6 Å². The lowest BCUT2D eigenvalue weighted by molar-refractivity contribution is -0.123. The molecule has 1 aliphatic rings. The van der Waals surface area contributed by atoms with Gasteiger partial charge in [0.15, 0.2) is 11.5 Å². The highest BCUT2D eigenvalue weighted by Gasteiger charge is 2.34. The molecule has 0 aromatic heterocycles. The summed E-state index contributed by atoms with van der Waals surface area (Å²) in [6, 6.07) is 17.3. The van der Waals surface area contributed by atoms with Crippen LogP contribution < -0.4 is 9.47 Å². The standard InChI is InChI=1S/C26H22ClNO5/c1-3-33-23-14-17(13-22(27)24(23)29)12-21-19-6-4-5-7-20(19)25(30)28(26(21)31)15-16-8-10-18(32-2)11-9-16/h4-14,29H,3,15H2,1-2H3. The van der Waals surface area contributed by atoms with Crippen molar-refractivity contribution in [2.24, 2.45) is 0 Å². The molecule has 3 aromatic rings. The number of nitrogens with zero attached hydrogens (tertiary/aromatic N) is 1. The van der Waals surface area contributed by atoms with E-state index in [1.807, 2.05) is 12.1 Å². The van der Waals surface area contributed by atoms with Crippen LogP contribution in [-0.4, -0.2) is 35.5 Å². The van der Waals surface area contributed by atoms with E-state index < -0.39 is 5.91 Å². The third kappa shape index (κ3) is 4.43. The largest absolute Gasteiger partial charge is 0.503 e. The Morgan fingerprint density at radius 2 is 1.70 bits per heavy atom. The van der Waals surface area contributed by atoms with Crippen molar-refractivity contribution >= 4 is 35.1 Å². The van der Waals surface area contributed by atoms with Gasteiger partial charge in [0.05, 0.1) is 25.3 Å². The summed E-state index contributed by atoms with van der Waals surface area (Å²) in [6.45, 7) is 2.26. The fourth-order valence-corrected chi connectivity index (χ4v) is 3.93. The third-order valence-electron chi connectivity index (χ3n) is 5.33. The van der Waals surface area contributed by atoms with E-state index in [9.17, 15) is 14.7 Å². The summed E-state index contributed by atoms with van der Waals surface area (Å²) >= 11 is 6.17. The number of aromatic hydroxyl groups is 1. The predicted molar refractivity (Wildman–Crippen MR) is 126 cm³/mol. The van der Waals surface area contributed by atoms with Crippen molar-refractivity contribution in [3.8, 4) is 17.2 Å². The molecule has 6 nitrogen and oxygen atoms in total. The lowest BCUT2D eigenvalue weighted by atomic mass is 9.91. The van der Waals surface area contributed by atoms with E-state index in [1.165, 1.54) is 4.90 Å². The van der Waals surface area contributed by atoms with Crippen LogP contribution in [0.4, 0.5) is 0 Å². The molecule has 1 heterocycles. The maximum atomic E-state index is 13.5. The predicted octanol–water partition coefficient (Wildman–Crippen LogP) is 5.18. The van der Waals surface area contributed by atoms with Crippen LogP contribution in [0, 0.1) is 0 Å². The number of fused-ring (bicyclic) bond motifs is 1. The molecule has 1 N–H and O–H groups in total. The zero-order valence-electron chi connectivity index (χ0n) is 18.2. The molecule has 168 valence electrons. The van der Waals surface area contributed by atoms with Crippen molar-refractivity contribution in [1.29, 1.82) is 0 Å². The summed E-state index contributed by atoms with van der Waals surface area (Å²) < 4.78 is 10.6. The van der Waals surface area contributed by atoms with Crippen molar-refractivity contribution in [2.45, 2.75) is 13.5 Å². The highest BCUT2D eigenvalue weighted by molar-refractivity contribution is 6.34. The molecule has 3 aromatic carbocycles. The molecule has 7 heteroatoms. The SMILES string of the molecule is CCOc1cc(C=C2C(=O)N(Cc3ccc(OC)cc3)C(=O)c3ccccc32)cc(Cl)c1O. The van der Waals surface area contributed by atoms with Crippen LogP contribution in [0.25, 0.3) is 11.6 Å². The first-order valence-electron chi connectivity index (χ1n) is 10.4. The number of methoxy groups -OCH3 is 1. The maximum absolute atomic E-state index is 13.5. The fraction of sp³-hybridized carbons (Fsp3) is 0.154. The Morgan fingerprint density at radius 1 is 1.00 bits per heavy atom. The minimum Gasteiger partial charge on any atom is -0.503 e. The van der Waals surface area contributed by atoms with E-state index in [4.69, 9.17) is 21.1 Å². The molecule has 0 unspecified atom stereocenters. The fourth-order valence-electron chi connectivity index (χ4n) is 3.71. The number of ether oxygens (including phenoxy) is 2. The molecule has 0 aliphatic carbocycles. The molecule has 0 saturated carbocycles. The van der Waals surface area contributed by atoms with Crippen molar-refractivity contribution in [3.63, 3.8) is 0 Å². The van der Waals surface area contributed by atoms with Gasteiger partial charge in [0, 0.05) is 11.1 Å². The number of carbonyl (C=O) groups excluding carboxylic acids is 2. The van der Waals surface area contributed by atoms with Crippen LogP contribution in [0.1, 0.15) is 34.0 Å². The van der Waals surface area contributed by atoms with E-state index in [0.29, 0.717) is 34.6 Å². The lowest BCUT2D eigenvalue weighted by Crippen LogP contribution is -2.41. The second-order valence-corrected chi connectivity index (χ2v) is 7.84. The van der Waals surface area contributed by atoms with Crippen LogP contribution in [0.15, 0.2) is 60.7 Å². The van der Waals surface area contributed by atoms with Gasteiger partial charge in [-0.25, -0.2) is 0 Å². The number of benzene rings is 3.